The minimum absolute atomic E-state index is 0.0549. The number of amides is 1. The molecule has 0 unspecified atom stereocenters. The van der Waals surface area contributed by atoms with Crippen LogP contribution in [0.25, 0.3) is 10.1 Å². The Balaban J connectivity index is 1.65. The molecule has 1 amide bonds. The quantitative estimate of drug-likeness (QED) is 0.654. The average molecular weight is 429 g/mol. The van der Waals surface area contributed by atoms with E-state index < -0.39 is 0 Å². The maximum Gasteiger partial charge on any atom is 0.264 e. The molecule has 2 aromatic heterocycles. The first-order chi connectivity index (χ1) is 14.5. The zero-order valence-electron chi connectivity index (χ0n) is 17.7. The van der Waals surface area contributed by atoms with Crippen LogP contribution < -0.4 is 0 Å². The molecular weight excluding hydrogens is 400 g/mol. The Bertz CT molecular complexity index is 1040. The Hall–Kier alpha value is -2.26. The van der Waals surface area contributed by atoms with Gasteiger partial charge < -0.3 is 14.7 Å². The number of hydrogen-bond donors (Lipinski definition) is 1. The largest absolute Gasteiger partial charge is 0.395 e. The smallest absolute Gasteiger partial charge is 0.264 e. The van der Waals surface area contributed by atoms with Gasteiger partial charge in [-0.05, 0) is 18.4 Å². The molecule has 0 saturated carbocycles. The van der Waals surface area contributed by atoms with E-state index >= 15 is 0 Å². The second-order valence-corrected chi connectivity index (χ2v) is 8.85. The average Bonchev–Trinajstić information content (AvgIpc) is 3.27. The molecule has 1 saturated heterocycles. The van der Waals surface area contributed by atoms with Crippen LogP contribution in [-0.4, -0.2) is 70.5 Å². The zero-order chi connectivity index (χ0) is 21.3. The molecule has 1 fully saturated rings. The van der Waals surface area contributed by atoms with Crippen LogP contribution in [0, 0.1) is 6.92 Å². The number of morpholine rings is 1. The number of likely N-dealkylation sites (N-methyl/N-ethyl adjacent to an activating group) is 1. The van der Waals surface area contributed by atoms with Crippen molar-refractivity contribution < 1.29 is 14.6 Å². The van der Waals surface area contributed by atoms with Crippen LogP contribution in [0.15, 0.2) is 30.5 Å². The van der Waals surface area contributed by atoms with Gasteiger partial charge >= 0.3 is 0 Å². The minimum Gasteiger partial charge on any atom is -0.395 e. The van der Waals surface area contributed by atoms with Crippen LogP contribution in [0.5, 0.6) is 0 Å². The van der Waals surface area contributed by atoms with Gasteiger partial charge in [0.25, 0.3) is 5.91 Å². The summed E-state index contributed by atoms with van der Waals surface area (Å²) in [5.41, 5.74) is 3.23. The third-order valence-corrected chi connectivity index (χ3v) is 6.77. The number of thiophene rings is 1. The Labute approximate surface area is 180 Å². The Morgan fingerprint density at radius 3 is 2.93 bits per heavy atom. The van der Waals surface area contributed by atoms with Crippen LogP contribution in [0.3, 0.4) is 0 Å². The first-order valence-electron chi connectivity index (χ1n) is 10.2. The van der Waals surface area contributed by atoms with E-state index in [1.807, 2.05) is 36.9 Å². The standard InChI is InChI=1S/C22H28N4O3S/c1-15-16(12-25(3)23-15)13-26-9-11-29-18(14-26)20-17-6-4-5-7-19(17)30-21(20)22(28)24(2)8-10-27/h4-7,12,18,27H,8-11,13-14H2,1-3H3/t18-/m1/s1. The molecule has 1 atom stereocenters. The van der Waals surface area contributed by atoms with Crippen molar-refractivity contribution in [1.29, 1.82) is 0 Å². The van der Waals surface area contributed by atoms with Crippen molar-refractivity contribution >= 4 is 27.3 Å². The molecule has 8 heteroatoms. The zero-order valence-corrected chi connectivity index (χ0v) is 18.5. The van der Waals surface area contributed by atoms with Crippen LogP contribution in [-0.2, 0) is 18.3 Å². The lowest BCUT2D eigenvalue weighted by molar-refractivity contribution is -0.0324. The van der Waals surface area contributed by atoms with Crippen molar-refractivity contribution in [1.82, 2.24) is 19.6 Å². The van der Waals surface area contributed by atoms with E-state index in [1.54, 1.807) is 11.9 Å². The summed E-state index contributed by atoms with van der Waals surface area (Å²) < 4.78 is 9.12. The number of aromatic nitrogens is 2. The summed E-state index contributed by atoms with van der Waals surface area (Å²) in [5, 5.41) is 14.8. The molecule has 3 aromatic rings. The molecule has 0 spiro atoms. The highest BCUT2D eigenvalue weighted by Crippen LogP contribution is 2.39. The van der Waals surface area contributed by atoms with E-state index in [1.165, 1.54) is 16.9 Å². The SMILES string of the molecule is Cc1nn(C)cc1CN1CCO[C@@H](c2c(C(=O)N(C)CCO)sc3ccccc23)C1. The molecule has 1 aliphatic rings. The van der Waals surface area contributed by atoms with E-state index in [0.717, 1.165) is 41.0 Å². The van der Waals surface area contributed by atoms with Gasteiger partial charge in [-0.3, -0.25) is 14.4 Å². The van der Waals surface area contributed by atoms with Gasteiger partial charge in [0.05, 0.1) is 29.9 Å². The van der Waals surface area contributed by atoms with Gasteiger partial charge in [-0.15, -0.1) is 11.3 Å². The second kappa shape index (κ2) is 8.85. The van der Waals surface area contributed by atoms with E-state index in [0.29, 0.717) is 18.0 Å². The first-order valence-corrected chi connectivity index (χ1v) is 11.0. The fourth-order valence-electron chi connectivity index (χ4n) is 4.03. The molecule has 1 N–H and O–H groups in total. The number of aliphatic hydroxyl groups is 1. The van der Waals surface area contributed by atoms with Crippen molar-refractivity contribution in [2.24, 2.45) is 7.05 Å². The molecular formula is C22H28N4O3S. The maximum absolute atomic E-state index is 13.1. The van der Waals surface area contributed by atoms with Gasteiger partial charge in [0.15, 0.2) is 0 Å². The Kier molecular flexibility index (Phi) is 6.19. The molecule has 1 aliphatic heterocycles. The molecule has 3 heterocycles. The molecule has 0 bridgehead atoms. The van der Waals surface area contributed by atoms with Crippen molar-refractivity contribution in [3.8, 4) is 0 Å². The fraction of sp³-hybridized carbons (Fsp3) is 0.455. The summed E-state index contributed by atoms with van der Waals surface area (Å²) in [6.07, 6.45) is 1.90. The van der Waals surface area contributed by atoms with Crippen molar-refractivity contribution in [2.45, 2.75) is 19.6 Å². The summed E-state index contributed by atoms with van der Waals surface area (Å²) >= 11 is 1.51. The second-order valence-electron chi connectivity index (χ2n) is 7.80. The maximum atomic E-state index is 13.1. The minimum atomic E-state index is -0.173. The molecule has 4 rings (SSSR count). The topological polar surface area (TPSA) is 70.8 Å². The molecule has 7 nitrogen and oxygen atoms in total. The van der Waals surface area contributed by atoms with Gasteiger partial charge in [-0.2, -0.15) is 5.10 Å². The molecule has 1 aromatic carbocycles. The predicted molar refractivity (Wildman–Crippen MR) is 118 cm³/mol. The van der Waals surface area contributed by atoms with E-state index in [9.17, 15) is 9.90 Å². The molecule has 0 aliphatic carbocycles. The van der Waals surface area contributed by atoms with Gasteiger partial charge in [0.1, 0.15) is 0 Å². The van der Waals surface area contributed by atoms with Crippen molar-refractivity contribution in [3.05, 3.63) is 52.2 Å². The summed E-state index contributed by atoms with van der Waals surface area (Å²) in [7, 11) is 3.67. The van der Waals surface area contributed by atoms with Crippen LogP contribution in [0.2, 0.25) is 0 Å². The number of nitrogens with zero attached hydrogens (tertiary/aromatic N) is 4. The summed E-state index contributed by atoms with van der Waals surface area (Å²) in [6.45, 7) is 5.29. The van der Waals surface area contributed by atoms with E-state index in [2.05, 4.69) is 22.3 Å². The predicted octanol–water partition coefficient (Wildman–Crippen LogP) is 2.58. The normalized spacial score (nSPS) is 17.5. The van der Waals surface area contributed by atoms with E-state index in [4.69, 9.17) is 4.74 Å². The lowest BCUT2D eigenvalue weighted by Crippen LogP contribution is -2.38. The number of hydrogen-bond acceptors (Lipinski definition) is 6. The number of rotatable bonds is 6. The molecule has 30 heavy (non-hydrogen) atoms. The molecule has 0 radical (unpaired) electrons. The highest BCUT2D eigenvalue weighted by Gasteiger charge is 2.31. The number of carbonyl (C=O) groups excluding carboxylic acids is 1. The van der Waals surface area contributed by atoms with Gasteiger partial charge in [0.2, 0.25) is 0 Å². The van der Waals surface area contributed by atoms with Gasteiger partial charge in [0, 0.05) is 62.3 Å². The lowest BCUT2D eigenvalue weighted by atomic mass is 10.0. The number of aliphatic hydroxyl groups excluding tert-OH is 1. The van der Waals surface area contributed by atoms with Crippen LogP contribution in [0.4, 0.5) is 0 Å². The Morgan fingerprint density at radius 2 is 2.20 bits per heavy atom. The van der Waals surface area contributed by atoms with Crippen molar-refractivity contribution in [3.63, 3.8) is 0 Å². The van der Waals surface area contributed by atoms with Gasteiger partial charge in [-0.25, -0.2) is 0 Å². The summed E-state index contributed by atoms with van der Waals surface area (Å²) in [5.74, 6) is -0.0657. The molecule has 160 valence electrons. The lowest BCUT2D eigenvalue weighted by Gasteiger charge is -2.33. The van der Waals surface area contributed by atoms with Gasteiger partial charge in [-0.1, -0.05) is 18.2 Å². The third kappa shape index (κ3) is 4.13. The summed E-state index contributed by atoms with van der Waals surface area (Å²) in [4.78, 5) is 17.8. The van der Waals surface area contributed by atoms with Crippen LogP contribution in [0.1, 0.15) is 32.6 Å². The number of carbonyl (C=O) groups is 1. The van der Waals surface area contributed by atoms with E-state index in [-0.39, 0.29) is 18.6 Å². The van der Waals surface area contributed by atoms with Crippen molar-refractivity contribution in [2.75, 3.05) is 39.9 Å². The highest BCUT2D eigenvalue weighted by atomic mass is 32.1. The first kappa shape index (κ1) is 21.0. The number of benzene rings is 1. The highest BCUT2D eigenvalue weighted by molar-refractivity contribution is 7.21. The number of aryl methyl sites for hydroxylation is 2. The number of fused-ring (bicyclic) bond motifs is 1. The fourth-order valence-corrected chi connectivity index (χ4v) is 5.28. The third-order valence-electron chi connectivity index (χ3n) is 5.59. The Morgan fingerprint density at radius 1 is 1.40 bits per heavy atom. The monoisotopic (exact) mass is 428 g/mol. The number of ether oxygens (including phenoxy) is 1. The van der Waals surface area contributed by atoms with Crippen LogP contribution >= 0.6 is 11.3 Å². The summed E-state index contributed by atoms with van der Waals surface area (Å²) in [6, 6.07) is 8.11.